The summed E-state index contributed by atoms with van der Waals surface area (Å²) in [5, 5.41) is 3.04. The van der Waals surface area contributed by atoms with E-state index in [0.29, 0.717) is 5.69 Å². The van der Waals surface area contributed by atoms with E-state index in [0.717, 1.165) is 5.69 Å². The maximum atomic E-state index is 13.6. The molecule has 0 spiro atoms. The van der Waals surface area contributed by atoms with Crippen molar-refractivity contribution in [2.45, 2.75) is 6.61 Å². The summed E-state index contributed by atoms with van der Waals surface area (Å²) in [5.41, 5.74) is 1.64. The SMILES string of the molecule is CNc1ccnc(COc2cccc(Cl)c2F)c1. The highest BCUT2D eigenvalue weighted by Gasteiger charge is 2.07. The lowest BCUT2D eigenvalue weighted by molar-refractivity contribution is 0.286. The smallest absolute Gasteiger partial charge is 0.183 e. The van der Waals surface area contributed by atoms with Crippen LogP contribution in [-0.2, 0) is 6.61 Å². The molecular formula is C13H12ClFN2O. The van der Waals surface area contributed by atoms with Crippen LogP contribution in [0.5, 0.6) is 5.75 Å². The largest absolute Gasteiger partial charge is 0.484 e. The molecule has 1 N–H and O–H groups in total. The van der Waals surface area contributed by atoms with E-state index >= 15 is 0 Å². The Balaban J connectivity index is 2.09. The summed E-state index contributed by atoms with van der Waals surface area (Å²) in [6.07, 6.45) is 1.67. The molecule has 0 radical (unpaired) electrons. The van der Waals surface area contributed by atoms with Crippen molar-refractivity contribution in [1.82, 2.24) is 4.98 Å². The molecule has 1 aromatic heterocycles. The monoisotopic (exact) mass is 266 g/mol. The second-order valence-electron chi connectivity index (χ2n) is 3.63. The molecule has 0 saturated carbocycles. The molecule has 2 aromatic rings. The molecule has 0 aliphatic heterocycles. The Morgan fingerprint density at radius 2 is 2.22 bits per heavy atom. The standard InChI is InChI=1S/C13H12ClFN2O/c1-16-9-5-6-17-10(7-9)8-18-12-4-2-3-11(14)13(12)15/h2-7H,8H2,1H3,(H,16,17). The van der Waals surface area contributed by atoms with Gasteiger partial charge in [-0.05, 0) is 24.3 Å². The highest BCUT2D eigenvalue weighted by Crippen LogP contribution is 2.24. The van der Waals surface area contributed by atoms with Crippen LogP contribution in [0.4, 0.5) is 10.1 Å². The van der Waals surface area contributed by atoms with E-state index in [1.54, 1.807) is 12.3 Å². The van der Waals surface area contributed by atoms with Crippen molar-refractivity contribution >= 4 is 17.3 Å². The molecular weight excluding hydrogens is 255 g/mol. The molecule has 0 fully saturated rings. The molecule has 0 bridgehead atoms. The van der Waals surface area contributed by atoms with Gasteiger partial charge in [0.1, 0.15) is 6.61 Å². The van der Waals surface area contributed by atoms with Crippen molar-refractivity contribution in [2.75, 3.05) is 12.4 Å². The Kier molecular flexibility index (Phi) is 3.99. The second kappa shape index (κ2) is 5.69. The summed E-state index contributed by atoms with van der Waals surface area (Å²) in [6.45, 7) is 0.187. The normalized spacial score (nSPS) is 10.2. The summed E-state index contributed by atoms with van der Waals surface area (Å²) in [4.78, 5) is 4.13. The highest BCUT2D eigenvalue weighted by atomic mass is 35.5. The van der Waals surface area contributed by atoms with Crippen molar-refractivity contribution in [3.63, 3.8) is 0 Å². The number of hydrogen-bond acceptors (Lipinski definition) is 3. The lowest BCUT2D eigenvalue weighted by atomic mass is 10.3. The summed E-state index contributed by atoms with van der Waals surface area (Å²) in [5.74, 6) is -0.428. The van der Waals surface area contributed by atoms with Crippen LogP contribution in [0.15, 0.2) is 36.5 Å². The number of nitrogens with one attached hydrogen (secondary N) is 1. The van der Waals surface area contributed by atoms with Gasteiger partial charge in [-0.1, -0.05) is 17.7 Å². The zero-order chi connectivity index (χ0) is 13.0. The Hall–Kier alpha value is -1.81. The fourth-order valence-electron chi connectivity index (χ4n) is 1.46. The van der Waals surface area contributed by atoms with Gasteiger partial charge in [0.2, 0.25) is 0 Å². The van der Waals surface area contributed by atoms with Crippen molar-refractivity contribution in [3.05, 3.63) is 53.1 Å². The second-order valence-corrected chi connectivity index (χ2v) is 4.03. The number of pyridine rings is 1. The first-order valence-electron chi connectivity index (χ1n) is 5.40. The Morgan fingerprint density at radius 3 is 3.00 bits per heavy atom. The van der Waals surface area contributed by atoms with Gasteiger partial charge in [0.25, 0.3) is 0 Å². The number of benzene rings is 1. The first-order chi connectivity index (χ1) is 8.70. The number of rotatable bonds is 4. The first kappa shape index (κ1) is 12.6. The molecule has 0 aliphatic carbocycles. The zero-order valence-electron chi connectivity index (χ0n) is 9.78. The van der Waals surface area contributed by atoms with Gasteiger partial charge >= 0.3 is 0 Å². The molecule has 5 heteroatoms. The Morgan fingerprint density at radius 1 is 1.39 bits per heavy atom. The fraction of sp³-hybridized carbons (Fsp3) is 0.154. The van der Waals surface area contributed by atoms with E-state index in [2.05, 4.69) is 10.3 Å². The average molecular weight is 267 g/mol. The number of ether oxygens (including phenoxy) is 1. The molecule has 2 rings (SSSR count). The van der Waals surface area contributed by atoms with Crippen molar-refractivity contribution in [3.8, 4) is 5.75 Å². The van der Waals surface area contributed by atoms with Gasteiger partial charge in [-0.25, -0.2) is 4.39 Å². The van der Waals surface area contributed by atoms with Gasteiger partial charge < -0.3 is 10.1 Å². The summed E-state index contributed by atoms with van der Waals surface area (Å²) < 4.78 is 18.9. The zero-order valence-corrected chi connectivity index (χ0v) is 10.5. The molecule has 18 heavy (non-hydrogen) atoms. The number of halogens is 2. The number of hydrogen-bond donors (Lipinski definition) is 1. The Labute approximate surface area is 110 Å². The van der Waals surface area contributed by atoms with Crippen LogP contribution in [0.1, 0.15) is 5.69 Å². The van der Waals surface area contributed by atoms with E-state index < -0.39 is 5.82 Å². The molecule has 0 saturated heterocycles. The Bertz CT molecular complexity index is 548. The van der Waals surface area contributed by atoms with Crippen LogP contribution >= 0.6 is 11.6 Å². The summed E-state index contributed by atoms with van der Waals surface area (Å²) in [7, 11) is 1.82. The fourth-order valence-corrected chi connectivity index (χ4v) is 1.63. The molecule has 0 amide bonds. The predicted octanol–water partition coefficient (Wildman–Crippen LogP) is 3.49. The maximum Gasteiger partial charge on any atom is 0.183 e. The molecule has 1 heterocycles. The van der Waals surface area contributed by atoms with Crippen molar-refractivity contribution < 1.29 is 9.13 Å². The molecule has 0 atom stereocenters. The minimum atomic E-state index is -0.552. The van der Waals surface area contributed by atoms with Gasteiger partial charge in [0.15, 0.2) is 11.6 Å². The summed E-state index contributed by atoms with van der Waals surface area (Å²) >= 11 is 5.66. The van der Waals surface area contributed by atoms with Crippen molar-refractivity contribution in [2.24, 2.45) is 0 Å². The van der Waals surface area contributed by atoms with Gasteiger partial charge in [-0.15, -0.1) is 0 Å². The topological polar surface area (TPSA) is 34.2 Å². The van der Waals surface area contributed by atoms with Crippen LogP contribution in [0.2, 0.25) is 5.02 Å². The maximum absolute atomic E-state index is 13.6. The lowest BCUT2D eigenvalue weighted by Gasteiger charge is -2.08. The van der Waals surface area contributed by atoms with Crippen LogP contribution in [0.25, 0.3) is 0 Å². The lowest BCUT2D eigenvalue weighted by Crippen LogP contribution is -2.01. The molecule has 3 nitrogen and oxygen atoms in total. The third-order valence-electron chi connectivity index (χ3n) is 2.40. The highest BCUT2D eigenvalue weighted by molar-refractivity contribution is 6.30. The van der Waals surface area contributed by atoms with Gasteiger partial charge in [-0.2, -0.15) is 0 Å². The minimum absolute atomic E-state index is 0.0458. The van der Waals surface area contributed by atoms with Crippen LogP contribution in [0, 0.1) is 5.82 Å². The number of anilines is 1. The quantitative estimate of drug-likeness (QED) is 0.920. The molecule has 94 valence electrons. The van der Waals surface area contributed by atoms with Crippen LogP contribution < -0.4 is 10.1 Å². The third-order valence-corrected chi connectivity index (χ3v) is 2.69. The number of aromatic nitrogens is 1. The van der Waals surface area contributed by atoms with Gasteiger partial charge in [0, 0.05) is 18.9 Å². The minimum Gasteiger partial charge on any atom is -0.484 e. The van der Waals surface area contributed by atoms with E-state index in [-0.39, 0.29) is 17.4 Å². The number of nitrogens with zero attached hydrogens (tertiary/aromatic N) is 1. The van der Waals surface area contributed by atoms with Gasteiger partial charge in [-0.3, -0.25) is 4.98 Å². The van der Waals surface area contributed by atoms with E-state index in [1.807, 2.05) is 19.2 Å². The van der Waals surface area contributed by atoms with Crippen LogP contribution in [-0.4, -0.2) is 12.0 Å². The van der Waals surface area contributed by atoms with E-state index in [9.17, 15) is 4.39 Å². The van der Waals surface area contributed by atoms with E-state index in [4.69, 9.17) is 16.3 Å². The first-order valence-corrected chi connectivity index (χ1v) is 5.78. The molecule has 1 aromatic carbocycles. The van der Waals surface area contributed by atoms with Crippen LogP contribution in [0.3, 0.4) is 0 Å². The average Bonchev–Trinajstić information content (AvgIpc) is 2.41. The van der Waals surface area contributed by atoms with Gasteiger partial charge in [0.05, 0.1) is 10.7 Å². The molecule has 0 unspecified atom stereocenters. The predicted molar refractivity (Wildman–Crippen MR) is 69.5 cm³/mol. The summed E-state index contributed by atoms with van der Waals surface area (Å²) in [6, 6.07) is 8.32. The van der Waals surface area contributed by atoms with E-state index in [1.165, 1.54) is 12.1 Å². The van der Waals surface area contributed by atoms with Crippen molar-refractivity contribution in [1.29, 1.82) is 0 Å². The molecule has 0 aliphatic rings. The third kappa shape index (κ3) is 2.90.